The zero-order valence-electron chi connectivity index (χ0n) is 11.5. The summed E-state index contributed by atoms with van der Waals surface area (Å²) in [7, 11) is 0. The molecule has 5 heteroatoms. The Balaban J connectivity index is 2.86. The summed E-state index contributed by atoms with van der Waals surface area (Å²) in [6, 6.07) is 6.81. The molecule has 1 aromatic carbocycles. The molecule has 0 aromatic heterocycles. The number of rotatable bonds is 7. The summed E-state index contributed by atoms with van der Waals surface area (Å²) in [5.41, 5.74) is 1.17. The van der Waals surface area contributed by atoms with Gasteiger partial charge in [0, 0.05) is 31.3 Å². The maximum Gasteiger partial charge on any atom is 0.328 e. The van der Waals surface area contributed by atoms with Crippen molar-refractivity contribution in [1.29, 1.82) is 0 Å². The van der Waals surface area contributed by atoms with Gasteiger partial charge in [0.05, 0.1) is 0 Å². The van der Waals surface area contributed by atoms with Crippen molar-refractivity contribution in [2.75, 3.05) is 19.7 Å². The Kier molecular flexibility index (Phi) is 6.46. The molecule has 0 bridgehead atoms. The zero-order valence-corrected chi connectivity index (χ0v) is 11.5. The topological polar surface area (TPSA) is 77.8 Å². The fourth-order valence-corrected chi connectivity index (χ4v) is 1.79. The summed E-state index contributed by atoms with van der Waals surface area (Å²) in [6.45, 7) is 2.99. The highest BCUT2D eigenvalue weighted by atomic mass is 16.4. The summed E-state index contributed by atoms with van der Waals surface area (Å²) < 4.78 is 0. The van der Waals surface area contributed by atoms with Crippen LogP contribution in [0.25, 0.3) is 6.08 Å². The lowest BCUT2D eigenvalue weighted by atomic mass is 10.1. The second kappa shape index (κ2) is 8.12. The van der Waals surface area contributed by atoms with Crippen LogP contribution in [0.15, 0.2) is 30.3 Å². The van der Waals surface area contributed by atoms with Crippen molar-refractivity contribution in [1.82, 2.24) is 4.90 Å². The Morgan fingerprint density at radius 1 is 1.35 bits per heavy atom. The standard InChI is InChI=1S/C15H19NO4/c1-2-16(9-4-10-17)15(20)13-6-3-5-12(11-13)7-8-14(18)19/h3,5-8,11,17H,2,4,9-10H2,1H3,(H,18,19)/b8-7+. The molecule has 0 radical (unpaired) electrons. The number of aliphatic carboxylic acids is 1. The number of aliphatic hydroxyl groups excluding tert-OH is 1. The molecule has 0 aliphatic rings. The van der Waals surface area contributed by atoms with Crippen molar-refractivity contribution in [3.8, 4) is 0 Å². The van der Waals surface area contributed by atoms with Gasteiger partial charge in [-0.15, -0.1) is 0 Å². The second-order valence-corrected chi connectivity index (χ2v) is 4.26. The molecule has 0 aliphatic carbocycles. The van der Waals surface area contributed by atoms with Crippen LogP contribution in [0.1, 0.15) is 29.3 Å². The van der Waals surface area contributed by atoms with Gasteiger partial charge in [0.25, 0.3) is 5.91 Å². The molecular weight excluding hydrogens is 258 g/mol. The number of benzene rings is 1. The molecule has 108 valence electrons. The van der Waals surface area contributed by atoms with Crippen LogP contribution in [0.3, 0.4) is 0 Å². The van der Waals surface area contributed by atoms with Gasteiger partial charge in [0.15, 0.2) is 0 Å². The molecule has 0 aliphatic heterocycles. The van der Waals surface area contributed by atoms with Gasteiger partial charge < -0.3 is 15.1 Å². The van der Waals surface area contributed by atoms with E-state index in [0.29, 0.717) is 30.6 Å². The third-order valence-corrected chi connectivity index (χ3v) is 2.81. The lowest BCUT2D eigenvalue weighted by Gasteiger charge is -2.20. The van der Waals surface area contributed by atoms with E-state index in [1.165, 1.54) is 6.08 Å². The number of aliphatic hydroxyl groups is 1. The molecule has 0 spiro atoms. The van der Waals surface area contributed by atoms with Crippen LogP contribution >= 0.6 is 0 Å². The number of hydrogen-bond acceptors (Lipinski definition) is 3. The van der Waals surface area contributed by atoms with E-state index in [2.05, 4.69) is 0 Å². The Hall–Kier alpha value is -2.14. The second-order valence-electron chi connectivity index (χ2n) is 4.26. The van der Waals surface area contributed by atoms with Gasteiger partial charge in [-0.2, -0.15) is 0 Å². The van der Waals surface area contributed by atoms with E-state index in [1.807, 2.05) is 6.92 Å². The van der Waals surface area contributed by atoms with E-state index in [9.17, 15) is 9.59 Å². The zero-order chi connectivity index (χ0) is 15.0. The van der Waals surface area contributed by atoms with Crippen molar-refractivity contribution in [3.05, 3.63) is 41.5 Å². The van der Waals surface area contributed by atoms with Crippen molar-refractivity contribution in [2.45, 2.75) is 13.3 Å². The molecule has 0 unspecified atom stereocenters. The monoisotopic (exact) mass is 277 g/mol. The predicted octanol–water partition coefficient (Wildman–Crippen LogP) is 1.63. The number of carbonyl (C=O) groups excluding carboxylic acids is 1. The van der Waals surface area contributed by atoms with E-state index >= 15 is 0 Å². The molecule has 1 rings (SSSR count). The van der Waals surface area contributed by atoms with Crippen LogP contribution in [0.2, 0.25) is 0 Å². The highest BCUT2D eigenvalue weighted by Gasteiger charge is 2.13. The van der Waals surface area contributed by atoms with Crippen LogP contribution in [-0.4, -0.2) is 46.7 Å². The Labute approximate surface area is 118 Å². The van der Waals surface area contributed by atoms with E-state index in [1.54, 1.807) is 29.2 Å². The van der Waals surface area contributed by atoms with Crippen molar-refractivity contribution < 1.29 is 19.8 Å². The lowest BCUT2D eigenvalue weighted by molar-refractivity contribution is -0.131. The minimum atomic E-state index is -1.03. The Morgan fingerprint density at radius 2 is 2.10 bits per heavy atom. The molecule has 0 heterocycles. The smallest absolute Gasteiger partial charge is 0.328 e. The van der Waals surface area contributed by atoms with Gasteiger partial charge in [-0.1, -0.05) is 12.1 Å². The summed E-state index contributed by atoms with van der Waals surface area (Å²) in [6.07, 6.45) is 3.02. The summed E-state index contributed by atoms with van der Waals surface area (Å²) in [5, 5.41) is 17.4. The predicted molar refractivity (Wildman–Crippen MR) is 76.4 cm³/mol. The van der Waals surface area contributed by atoms with Crippen LogP contribution in [0.5, 0.6) is 0 Å². The fourth-order valence-electron chi connectivity index (χ4n) is 1.79. The van der Waals surface area contributed by atoms with Crippen molar-refractivity contribution in [3.63, 3.8) is 0 Å². The van der Waals surface area contributed by atoms with Crippen LogP contribution in [0, 0.1) is 0 Å². The Bertz CT molecular complexity index is 496. The summed E-state index contributed by atoms with van der Waals surface area (Å²) in [5.74, 6) is -1.15. The average Bonchev–Trinajstić information content (AvgIpc) is 2.46. The molecule has 0 saturated carbocycles. The van der Waals surface area contributed by atoms with Gasteiger partial charge in [-0.3, -0.25) is 4.79 Å². The first-order chi connectivity index (χ1) is 9.58. The average molecular weight is 277 g/mol. The van der Waals surface area contributed by atoms with Gasteiger partial charge in [0.2, 0.25) is 0 Å². The van der Waals surface area contributed by atoms with E-state index in [-0.39, 0.29) is 12.5 Å². The van der Waals surface area contributed by atoms with Crippen molar-refractivity contribution >= 4 is 18.0 Å². The number of carboxylic acid groups (broad SMARTS) is 1. The van der Waals surface area contributed by atoms with E-state index < -0.39 is 5.97 Å². The highest BCUT2D eigenvalue weighted by molar-refractivity contribution is 5.95. The highest BCUT2D eigenvalue weighted by Crippen LogP contribution is 2.10. The normalized spacial score (nSPS) is 10.7. The van der Waals surface area contributed by atoms with E-state index in [0.717, 1.165) is 6.08 Å². The summed E-state index contributed by atoms with van der Waals surface area (Å²) in [4.78, 5) is 24.4. The maximum atomic E-state index is 12.3. The number of nitrogens with zero attached hydrogens (tertiary/aromatic N) is 1. The first-order valence-corrected chi connectivity index (χ1v) is 6.49. The maximum absolute atomic E-state index is 12.3. The van der Waals surface area contributed by atoms with E-state index in [4.69, 9.17) is 10.2 Å². The summed E-state index contributed by atoms with van der Waals surface area (Å²) >= 11 is 0. The molecule has 1 amide bonds. The first kappa shape index (κ1) is 15.9. The van der Waals surface area contributed by atoms with Crippen LogP contribution in [-0.2, 0) is 4.79 Å². The minimum Gasteiger partial charge on any atom is -0.478 e. The number of amides is 1. The van der Waals surface area contributed by atoms with Gasteiger partial charge >= 0.3 is 5.97 Å². The van der Waals surface area contributed by atoms with Crippen LogP contribution < -0.4 is 0 Å². The van der Waals surface area contributed by atoms with Crippen LogP contribution in [0.4, 0.5) is 0 Å². The molecule has 0 saturated heterocycles. The molecule has 5 nitrogen and oxygen atoms in total. The third-order valence-electron chi connectivity index (χ3n) is 2.81. The van der Waals surface area contributed by atoms with Gasteiger partial charge in [0.1, 0.15) is 0 Å². The SMILES string of the molecule is CCN(CCCO)C(=O)c1cccc(/C=C/C(=O)O)c1. The molecular formula is C15H19NO4. The molecule has 0 fully saturated rings. The minimum absolute atomic E-state index is 0.0468. The fraction of sp³-hybridized carbons (Fsp3) is 0.333. The third kappa shape index (κ3) is 4.85. The first-order valence-electron chi connectivity index (χ1n) is 6.49. The van der Waals surface area contributed by atoms with Crippen molar-refractivity contribution in [2.24, 2.45) is 0 Å². The number of carboxylic acids is 1. The lowest BCUT2D eigenvalue weighted by Crippen LogP contribution is -2.32. The molecule has 0 atom stereocenters. The largest absolute Gasteiger partial charge is 0.478 e. The molecule has 2 N–H and O–H groups in total. The molecule has 1 aromatic rings. The van der Waals surface area contributed by atoms with Gasteiger partial charge in [-0.25, -0.2) is 4.79 Å². The van der Waals surface area contributed by atoms with Gasteiger partial charge in [-0.05, 0) is 37.1 Å². The number of carbonyl (C=O) groups is 2. The quantitative estimate of drug-likeness (QED) is 0.743. The number of hydrogen-bond donors (Lipinski definition) is 2. The molecule has 20 heavy (non-hydrogen) atoms. The Morgan fingerprint density at radius 3 is 2.70 bits per heavy atom.